The minimum Gasteiger partial charge on any atom is -0.288 e. The van der Waals surface area contributed by atoms with Gasteiger partial charge >= 0.3 is 0 Å². The summed E-state index contributed by atoms with van der Waals surface area (Å²) in [6.07, 6.45) is 3.83. The van der Waals surface area contributed by atoms with Crippen molar-refractivity contribution in [1.82, 2.24) is 0 Å². The zero-order chi connectivity index (χ0) is 15.3. The quantitative estimate of drug-likeness (QED) is 0.730. The monoisotopic (exact) mass is 298 g/mol. The summed E-state index contributed by atoms with van der Waals surface area (Å²) in [6.45, 7) is 0. The van der Waals surface area contributed by atoms with E-state index in [-0.39, 0.29) is 23.0 Å². The lowest BCUT2D eigenvalue weighted by Crippen LogP contribution is -2.09. The Morgan fingerprint density at radius 3 is 1.55 bits per heavy atom. The van der Waals surface area contributed by atoms with Gasteiger partial charge in [-0.3, -0.25) is 4.79 Å². The summed E-state index contributed by atoms with van der Waals surface area (Å²) in [5, 5.41) is 0. The Balaban J connectivity index is 1.76. The molecule has 2 aromatic carbocycles. The summed E-state index contributed by atoms with van der Waals surface area (Å²) in [5.41, 5.74) is 1.14. The molecule has 2 aliphatic carbocycles. The standard InChI is InChI=1S/C19H16F2O/c20-17-13(11-7-8-11)3-1-5-15(17)19(22)16-6-2-4-14(18(16)21)12-9-10-12/h1-6,11-12H,7-10H2. The van der Waals surface area contributed by atoms with Gasteiger partial charge in [-0.05, 0) is 60.8 Å². The van der Waals surface area contributed by atoms with Crippen molar-refractivity contribution < 1.29 is 13.6 Å². The van der Waals surface area contributed by atoms with E-state index in [1.807, 2.05) is 0 Å². The first-order valence-electron chi connectivity index (χ1n) is 7.78. The van der Waals surface area contributed by atoms with E-state index in [1.54, 1.807) is 24.3 Å². The molecule has 112 valence electrons. The highest BCUT2D eigenvalue weighted by atomic mass is 19.1. The van der Waals surface area contributed by atoms with Crippen LogP contribution < -0.4 is 0 Å². The molecule has 2 saturated carbocycles. The van der Waals surface area contributed by atoms with E-state index >= 15 is 0 Å². The van der Waals surface area contributed by atoms with Crippen LogP contribution in [0.5, 0.6) is 0 Å². The lowest BCUT2D eigenvalue weighted by molar-refractivity contribution is 0.103. The van der Waals surface area contributed by atoms with Gasteiger partial charge in [0.05, 0.1) is 11.1 Å². The molecule has 0 amide bonds. The van der Waals surface area contributed by atoms with E-state index < -0.39 is 17.4 Å². The van der Waals surface area contributed by atoms with E-state index in [4.69, 9.17) is 0 Å². The van der Waals surface area contributed by atoms with Crippen LogP contribution in [-0.4, -0.2) is 5.78 Å². The van der Waals surface area contributed by atoms with Crippen molar-refractivity contribution in [3.05, 3.63) is 70.3 Å². The number of hydrogen-bond donors (Lipinski definition) is 0. The smallest absolute Gasteiger partial charge is 0.198 e. The molecule has 0 atom stereocenters. The molecule has 0 aliphatic heterocycles. The van der Waals surface area contributed by atoms with Crippen molar-refractivity contribution in [2.45, 2.75) is 37.5 Å². The van der Waals surface area contributed by atoms with Crippen LogP contribution in [0, 0.1) is 11.6 Å². The van der Waals surface area contributed by atoms with Crippen LogP contribution in [0.1, 0.15) is 64.6 Å². The number of ketones is 1. The highest BCUT2D eigenvalue weighted by molar-refractivity contribution is 6.09. The van der Waals surface area contributed by atoms with Crippen LogP contribution in [0.15, 0.2) is 36.4 Å². The Morgan fingerprint density at radius 2 is 1.18 bits per heavy atom. The Kier molecular flexibility index (Phi) is 3.10. The highest BCUT2D eigenvalue weighted by Gasteiger charge is 2.31. The van der Waals surface area contributed by atoms with Gasteiger partial charge in [-0.2, -0.15) is 0 Å². The molecule has 2 aromatic rings. The Bertz CT molecular complexity index is 695. The van der Waals surface area contributed by atoms with Gasteiger partial charge in [0, 0.05) is 0 Å². The van der Waals surface area contributed by atoms with E-state index in [1.165, 1.54) is 12.1 Å². The van der Waals surface area contributed by atoms with Crippen molar-refractivity contribution in [1.29, 1.82) is 0 Å². The largest absolute Gasteiger partial charge is 0.288 e. The average molecular weight is 298 g/mol. The van der Waals surface area contributed by atoms with E-state index in [2.05, 4.69) is 0 Å². The maximum absolute atomic E-state index is 14.6. The van der Waals surface area contributed by atoms with Gasteiger partial charge in [0.25, 0.3) is 0 Å². The summed E-state index contributed by atoms with van der Waals surface area (Å²) < 4.78 is 29.1. The van der Waals surface area contributed by atoms with Crippen LogP contribution in [0.4, 0.5) is 8.78 Å². The topological polar surface area (TPSA) is 17.1 Å². The molecule has 1 nitrogen and oxygen atoms in total. The van der Waals surface area contributed by atoms with Crippen LogP contribution in [0.25, 0.3) is 0 Å². The summed E-state index contributed by atoms with van der Waals surface area (Å²) in [5.74, 6) is -1.08. The molecule has 0 aromatic heterocycles. The summed E-state index contributed by atoms with van der Waals surface area (Å²) >= 11 is 0. The van der Waals surface area contributed by atoms with Gasteiger partial charge in [-0.15, -0.1) is 0 Å². The zero-order valence-corrected chi connectivity index (χ0v) is 12.1. The number of carbonyl (C=O) groups excluding carboxylic acids is 1. The number of benzene rings is 2. The average Bonchev–Trinajstić information content (AvgIpc) is 3.39. The van der Waals surface area contributed by atoms with Gasteiger partial charge in [0.15, 0.2) is 5.78 Å². The molecule has 0 radical (unpaired) electrons. The molecule has 0 bridgehead atoms. The van der Waals surface area contributed by atoms with Crippen molar-refractivity contribution in [2.75, 3.05) is 0 Å². The van der Waals surface area contributed by atoms with Crippen LogP contribution >= 0.6 is 0 Å². The van der Waals surface area contributed by atoms with Gasteiger partial charge in [-0.25, -0.2) is 8.78 Å². The number of hydrogen-bond acceptors (Lipinski definition) is 1. The SMILES string of the molecule is O=C(c1cccc(C2CC2)c1F)c1cccc(C2CC2)c1F. The fraction of sp³-hybridized carbons (Fsp3) is 0.316. The minimum atomic E-state index is -0.556. The maximum atomic E-state index is 14.6. The first kappa shape index (κ1) is 13.6. The van der Waals surface area contributed by atoms with Gasteiger partial charge in [0.2, 0.25) is 0 Å². The van der Waals surface area contributed by atoms with Crippen molar-refractivity contribution in [2.24, 2.45) is 0 Å². The first-order chi connectivity index (χ1) is 10.7. The van der Waals surface area contributed by atoms with E-state index in [0.29, 0.717) is 11.1 Å². The van der Waals surface area contributed by atoms with E-state index in [9.17, 15) is 13.6 Å². The third-order valence-electron chi connectivity index (χ3n) is 4.58. The number of carbonyl (C=O) groups is 1. The van der Waals surface area contributed by atoms with Crippen molar-refractivity contribution in [3.63, 3.8) is 0 Å². The summed E-state index contributed by atoms with van der Waals surface area (Å²) in [4.78, 5) is 12.6. The molecule has 0 N–H and O–H groups in total. The highest BCUT2D eigenvalue weighted by Crippen LogP contribution is 2.43. The molecule has 22 heavy (non-hydrogen) atoms. The lowest BCUT2D eigenvalue weighted by atomic mass is 9.96. The molecule has 3 heteroatoms. The lowest BCUT2D eigenvalue weighted by Gasteiger charge is -2.09. The molecular weight excluding hydrogens is 282 g/mol. The molecule has 2 aliphatic rings. The minimum absolute atomic E-state index is 0.0174. The summed E-state index contributed by atoms with van der Waals surface area (Å²) in [6, 6.07) is 9.72. The summed E-state index contributed by atoms with van der Waals surface area (Å²) in [7, 11) is 0. The Hall–Kier alpha value is -2.03. The Labute approximate surface area is 128 Å². The second-order valence-corrected chi connectivity index (χ2v) is 6.30. The van der Waals surface area contributed by atoms with Gasteiger partial charge in [-0.1, -0.05) is 24.3 Å². The van der Waals surface area contributed by atoms with Crippen LogP contribution in [0.2, 0.25) is 0 Å². The molecule has 0 unspecified atom stereocenters. The molecule has 0 heterocycles. The predicted octanol–water partition coefficient (Wildman–Crippen LogP) is 4.95. The van der Waals surface area contributed by atoms with Crippen LogP contribution in [0.3, 0.4) is 0 Å². The second-order valence-electron chi connectivity index (χ2n) is 6.30. The van der Waals surface area contributed by atoms with Crippen molar-refractivity contribution >= 4 is 5.78 Å². The molecule has 2 fully saturated rings. The molecule has 0 spiro atoms. The third-order valence-corrected chi connectivity index (χ3v) is 4.58. The fourth-order valence-corrected chi connectivity index (χ4v) is 3.01. The van der Waals surface area contributed by atoms with Gasteiger partial charge < -0.3 is 0 Å². The predicted molar refractivity (Wildman–Crippen MR) is 80.2 cm³/mol. The molecular formula is C19H16F2O. The third kappa shape index (κ3) is 2.25. The number of halogens is 2. The second kappa shape index (κ2) is 5.01. The fourth-order valence-electron chi connectivity index (χ4n) is 3.01. The molecule has 4 rings (SSSR count). The molecule has 0 saturated heterocycles. The van der Waals surface area contributed by atoms with Gasteiger partial charge in [0.1, 0.15) is 11.6 Å². The van der Waals surface area contributed by atoms with Crippen molar-refractivity contribution in [3.8, 4) is 0 Å². The first-order valence-corrected chi connectivity index (χ1v) is 7.78. The zero-order valence-electron chi connectivity index (χ0n) is 12.1. The van der Waals surface area contributed by atoms with Crippen LogP contribution in [-0.2, 0) is 0 Å². The Morgan fingerprint density at radius 1 is 0.773 bits per heavy atom. The maximum Gasteiger partial charge on any atom is 0.198 e. The van der Waals surface area contributed by atoms with E-state index in [0.717, 1.165) is 25.7 Å². The normalized spacial score (nSPS) is 17.5. The number of rotatable bonds is 4.